The summed E-state index contributed by atoms with van der Waals surface area (Å²) >= 11 is 6.18. The van der Waals surface area contributed by atoms with E-state index < -0.39 is 11.5 Å². The SMILES string of the molecule is COC(=O)c1ccccc1-n1ncc(NCCNC(=O)c2ccco2)c(Cl)c1=O. The number of hydrogen-bond acceptors (Lipinski definition) is 7. The lowest BCUT2D eigenvalue weighted by Crippen LogP contribution is -2.29. The number of anilines is 1. The predicted octanol–water partition coefficient (Wildman–Crippen LogP) is 2.11. The van der Waals surface area contributed by atoms with Crippen LogP contribution in [0.5, 0.6) is 0 Å². The van der Waals surface area contributed by atoms with Gasteiger partial charge in [0, 0.05) is 13.1 Å². The lowest BCUT2D eigenvalue weighted by molar-refractivity contribution is 0.0600. The van der Waals surface area contributed by atoms with Gasteiger partial charge in [-0.25, -0.2) is 4.79 Å². The molecule has 29 heavy (non-hydrogen) atoms. The van der Waals surface area contributed by atoms with Gasteiger partial charge in [0.05, 0.1) is 36.5 Å². The van der Waals surface area contributed by atoms with Crippen LogP contribution >= 0.6 is 11.6 Å². The molecule has 10 heteroatoms. The van der Waals surface area contributed by atoms with Gasteiger partial charge in [0.25, 0.3) is 11.5 Å². The molecule has 0 bridgehead atoms. The highest BCUT2D eigenvalue weighted by molar-refractivity contribution is 6.33. The Balaban J connectivity index is 1.71. The minimum Gasteiger partial charge on any atom is -0.465 e. The van der Waals surface area contributed by atoms with Crippen LogP contribution in [-0.4, -0.2) is 41.9 Å². The van der Waals surface area contributed by atoms with Crippen molar-refractivity contribution >= 4 is 29.2 Å². The maximum absolute atomic E-state index is 12.6. The smallest absolute Gasteiger partial charge is 0.340 e. The minimum absolute atomic E-state index is 0.1000. The Bertz CT molecular complexity index is 1080. The quantitative estimate of drug-likeness (QED) is 0.447. The molecule has 0 aliphatic rings. The third-order valence-corrected chi connectivity index (χ3v) is 4.29. The number of carbonyl (C=O) groups is 2. The van der Waals surface area contributed by atoms with Gasteiger partial charge >= 0.3 is 5.97 Å². The van der Waals surface area contributed by atoms with E-state index in [0.717, 1.165) is 4.68 Å². The van der Waals surface area contributed by atoms with Gasteiger partial charge in [-0.05, 0) is 24.3 Å². The highest BCUT2D eigenvalue weighted by Gasteiger charge is 2.17. The molecule has 2 heterocycles. The third-order valence-electron chi connectivity index (χ3n) is 3.93. The van der Waals surface area contributed by atoms with Crippen LogP contribution < -0.4 is 16.2 Å². The van der Waals surface area contributed by atoms with Gasteiger partial charge in [-0.15, -0.1) is 0 Å². The first kappa shape index (κ1) is 20.2. The monoisotopic (exact) mass is 416 g/mol. The average molecular weight is 417 g/mol. The van der Waals surface area contributed by atoms with Crippen molar-refractivity contribution in [3.63, 3.8) is 0 Å². The molecule has 3 aromatic rings. The van der Waals surface area contributed by atoms with Crippen LogP contribution in [0.4, 0.5) is 5.69 Å². The second kappa shape index (κ2) is 9.07. The van der Waals surface area contributed by atoms with E-state index in [2.05, 4.69) is 15.7 Å². The molecule has 9 nitrogen and oxygen atoms in total. The summed E-state index contributed by atoms with van der Waals surface area (Å²) in [6, 6.07) is 9.57. The summed E-state index contributed by atoms with van der Waals surface area (Å²) in [6.07, 6.45) is 2.78. The van der Waals surface area contributed by atoms with Crippen LogP contribution in [0.25, 0.3) is 5.69 Å². The standard InChI is InChI=1S/C19H17ClN4O5/c1-28-19(27)12-5-2-3-6-14(12)24-18(26)16(20)13(11-23-24)21-8-9-22-17(25)15-7-4-10-29-15/h2-7,10-11,21H,8-9H2,1H3,(H,22,25). The molecule has 0 fully saturated rings. The average Bonchev–Trinajstić information content (AvgIpc) is 3.28. The molecule has 0 saturated heterocycles. The molecule has 2 aromatic heterocycles. The minimum atomic E-state index is -0.604. The Morgan fingerprint density at radius 3 is 2.72 bits per heavy atom. The first-order chi connectivity index (χ1) is 14.0. The fraction of sp³-hybridized carbons (Fsp3) is 0.158. The van der Waals surface area contributed by atoms with Crippen LogP contribution in [0.3, 0.4) is 0 Å². The molecule has 0 spiro atoms. The highest BCUT2D eigenvalue weighted by atomic mass is 35.5. The van der Waals surface area contributed by atoms with Gasteiger partial charge in [-0.3, -0.25) is 9.59 Å². The van der Waals surface area contributed by atoms with E-state index in [9.17, 15) is 14.4 Å². The van der Waals surface area contributed by atoms with E-state index in [1.165, 1.54) is 25.6 Å². The number of nitrogens with zero attached hydrogens (tertiary/aromatic N) is 2. The van der Waals surface area contributed by atoms with Gasteiger partial charge in [0.2, 0.25) is 0 Å². The van der Waals surface area contributed by atoms with Crippen LogP contribution in [0.1, 0.15) is 20.9 Å². The lowest BCUT2D eigenvalue weighted by atomic mass is 10.2. The highest BCUT2D eigenvalue weighted by Crippen LogP contribution is 2.18. The molecule has 1 aromatic carbocycles. The summed E-state index contributed by atoms with van der Waals surface area (Å²) in [5.74, 6) is -0.743. The van der Waals surface area contributed by atoms with Crippen molar-refractivity contribution in [1.82, 2.24) is 15.1 Å². The summed E-state index contributed by atoms with van der Waals surface area (Å²) in [5, 5.41) is 9.58. The maximum Gasteiger partial charge on any atom is 0.340 e. The summed E-state index contributed by atoms with van der Waals surface area (Å²) in [4.78, 5) is 36.4. The predicted molar refractivity (Wildman–Crippen MR) is 106 cm³/mol. The molecule has 0 saturated carbocycles. The molecule has 0 unspecified atom stereocenters. The number of hydrogen-bond donors (Lipinski definition) is 2. The Morgan fingerprint density at radius 2 is 2.00 bits per heavy atom. The number of furan rings is 1. The van der Waals surface area contributed by atoms with Gasteiger partial charge in [-0.1, -0.05) is 23.7 Å². The van der Waals surface area contributed by atoms with Crippen molar-refractivity contribution in [2.75, 3.05) is 25.5 Å². The van der Waals surface area contributed by atoms with E-state index in [1.54, 1.807) is 30.3 Å². The van der Waals surface area contributed by atoms with E-state index in [0.29, 0.717) is 12.2 Å². The summed E-state index contributed by atoms with van der Waals surface area (Å²) in [5.41, 5.74) is 0.133. The summed E-state index contributed by atoms with van der Waals surface area (Å²) in [7, 11) is 1.25. The molecular weight excluding hydrogens is 400 g/mol. The molecule has 0 aliphatic carbocycles. The van der Waals surface area contributed by atoms with Crippen LogP contribution in [-0.2, 0) is 4.74 Å². The van der Waals surface area contributed by atoms with E-state index in [-0.39, 0.29) is 34.5 Å². The first-order valence-electron chi connectivity index (χ1n) is 8.54. The third kappa shape index (κ3) is 4.46. The van der Waals surface area contributed by atoms with Crippen molar-refractivity contribution in [3.05, 3.63) is 75.6 Å². The van der Waals surface area contributed by atoms with Gasteiger partial charge < -0.3 is 19.8 Å². The molecule has 2 N–H and O–H groups in total. The number of carbonyl (C=O) groups excluding carboxylic acids is 2. The van der Waals surface area contributed by atoms with Crippen molar-refractivity contribution in [2.45, 2.75) is 0 Å². The molecule has 0 aliphatic heterocycles. The molecule has 1 amide bonds. The molecular formula is C19H17ClN4O5. The number of ether oxygens (including phenoxy) is 1. The van der Waals surface area contributed by atoms with Crippen molar-refractivity contribution in [1.29, 1.82) is 0 Å². The number of halogens is 1. The number of amides is 1. The van der Waals surface area contributed by atoms with Crippen molar-refractivity contribution in [2.24, 2.45) is 0 Å². The van der Waals surface area contributed by atoms with Crippen LogP contribution in [0.15, 0.2) is 58.1 Å². The van der Waals surface area contributed by atoms with Crippen molar-refractivity contribution < 1.29 is 18.7 Å². The second-order valence-electron chi connectivity index (χ2n) is 5.76. The molecule has 0 radical (unpaired) electrons. The van der Waals surface area contributed by atoms with Crippen LogP contribution in [0.2, 0.25) is 5.02 Å². The Labute approximate surface area is 170 Å². The van der Waals surface area contributed by atoms with Crippen LogP contribution in [0, 0.1) is 0 Å². The lowest BCUT2D eigenvalue weighted by Gasteiger charge is -2.12. The normalized spacial score (nSPS) is 10.4. The first-order valence-corrected chi connectivity index (χ1v) is 8.92. The number of benzene rings is 1. The number of nitrogens with one attached hydrogen (secondary N) is 2. The van der Waals surface area contributed by atoms with Crippen molar-refractivity contribution in [3.8, 4) is 5.69 Å². The van der Waals surface area contributed by atoms with E-state index in [1.807, 2.05) is 0 Å². The number of para-hydroxylation sites is 1. The zero-order valence-electron chi connectivity index (χ0n) is 15.3. The maximum atomic E-state index is 12.6. The number of methoxy groups -OCH3 is 1. The largest absolute Gasteiger partial charge is 0.465 e. The molecule has 3 rings (SSSR count). The summed E-state index contributed by atoms with van der Waals surface area (Å²) < 4.78 is 10.8. The molecule has 0 atom stereocenters. The topological polar surface area (TPSA) is 115 Å². The van der Waals surface area contributed by atoms with Gasteiger partial charge in [-0.2, -0.15) is 9.78 Å². The van der Waals surface area contributed by atoms with Gasteiger partial charge in [0.1, 0.15) is 5.02 Å². The Hall–Kier alpha value is -3.59. The zero-order chi connectivity index (χ0) is 20.8. The number of esters is 1. The Morgan fingerprint density at radius 1 is 1.21 bits per heavy atom. The summed E-state index contributed by atoms with van der Waals surface area (Å²) in [6.45, 7) is 0.570. The number of rotatable bonds is 7. The second-order valence-corrected chi connectivity index (χ2v) is 6.14. The fourth-order valence-electron chi connectivity index (χ4n) is 2.54. The fourth-order valence-corrected chi connectivity index (χ4v) is 2.73. The molecule has 150 valence electrons. The van der Waals surface area contributed by atoms with E-state index in [4.69, 9.17) is 20.8 Å². The zero-order valence-corrected chi connectivity index (χ0v) is 16.1. The number of aromatic nitrogens is 2. The van der Waals surface area contributed by atoms with Gasteiger partial charge in [0.15, 0.2) is 5.76 Å². The van der Waals surface area contributed by atoms with E-state index >= 15 is 0 Å². The Kier molecular flexibility index (Phi) is 6.30.